The molecule has 0 amide bonds. The van der Waals surface area contributed by atoms with Crippen molar-refractivity contribution in [1.82, 2.24) is 10.2 Å². The molecule has 2 N–H and O–H groups in total. The molecule has 0 saturated heterocycles. The van der Waals surface area contributed by atoms with E-state index in [2.05, 4.69) is 31.1 Å². The molecule has 0 heterocycles. The maximum atomic E-state index is 8.98. The van der Waals surface area contributed by atoms with Gasteiger partial charge in [-0.15, -0.1) is 0 Å². The van der Waals surface area contributed by atoms with Gasteiger partial charge in [-0.1, -0.05) is 20.3 Å². The quantitative estimate of drug-likeness (QED) is 0.612. The first kappa shape index (κ1) is 12.9. The molecule has 0 bridgehead atoms. The summed E-state index contributed by atoms with van der Waals surface area (Å²) < 4.78 is 0. The summed E-state index contributed by atoms with van der Waals surface area (Å²) in [7, 11) is 3.99. The molecular formula is C10H24N2O. The maximum Gasteiger partial charge on any atom is 0.0597 e. The van der Waals surface area contributed by atoms with Gasteiger partial charge in [-0.05, 0) is 20.0 Å². The lowest BCUT2D eigenvalue weighted by molar-refractivity contribution is 0.192. The lowest BCUT2D eigenvalue weighted by atomic mass is 10.1. The molecule has 3 nitrogen and oxygen atoms in total. The Morgan fingerprint density at radius 2 is 2.00 bits per heavy atom. The van der Waals surface area contributed by atoms with Crippen LogP contribution in [0.25, 0.3) is 0 Å². The predicted octanol–water partition coefficient (Wildman–Crippen LogP) is 0.545. The standard InChI is InChI=1S/C10H24N2O/c1-5-9(2)6-12(4)7-10(8-13)11-3/h9-11,13H,5-8H2,1-4H3. The average molecular weight is 188 g/mol. The van der Waals surface area contributed by atoms with Crippen molar-refractivity contribution in [2.45, 2.75) is 26.3 Å². The Hall–Kier alpha value is -0.120. The van der Waals surface area contributed by atoms with Gasteiger partial charge in [0.1, 0.15) is 0 Å². The van der Waals surface area contributed by atoms with Gasteiger partial charge in [-0.25, -0.2) is 0 Å². The first-order valence-electron chi connectivity index (χ1n) is 5.10. The fourth-order valence-corrected chi connectivity index (χ4v) is 1.35. The molecule has 0 aromatic heterocycles. The van der Waals surface area contributed by atoms with E-state index in [-0.39, 0.29) is 12.6 Å². The number of rotatable bonds is 7. The van der Waals surface area contributed by atoms with Gasteiger partial charge in [0.25, 0.3) is 0 Å². The summed E-state index contributed by atoms with van der Waals surface area (Å²) in [6.45, 7) is 6.69. The molecule has 0 spiro atoms. The Labute approximate surface area is 82.1 Å². The zero-order valence-electron chi connectivity index (χ0n) is 9.38. The number of hydrogen-bond donors (Lipinski definition) is 2. The molecule has 13 heavy (non-hydrogen) atoms. The highest BCUT2D eigenvalue weighted by Crippen LogP contribution is 2.02. The summed E-state index contributed by atoms with van der Waals surface area (Å²) in [5, 5.41) is 12.1. The van der Waals surface area contributed by atoms with E-state index in [1.54, 1.807) is 0 Å². The van der Waals surface area contributed by atoms with E-state index in [0.717, 1.165) is 19.0 Å². The van der Waals surface area contributed by atoms with Crippen molar-refractivity contribution >= 4 is 0 Å². The zero-order valence-corrected chi connectivity index (χ0v) is 9.38. The number of hydrogen-bond acceptors (Lipinski definition) is 3. The van der Waals surface area contributed by atoms with E-state index in [9.17, 15) is 0 Å². The average Bonchev–Trinajstić information content (AvgIpc) is 2.13. The molecule has 0 saturated carbocycles. The van der Waals surface area contributed by atoms with Crippen molar-refractivity contribution < 1.29 is 5.11 Å². The molecule has 80 valence electrons. The van der Waals surface area contributed by atoms with Gasteiger partial charge in [0.05, 0.1) is 6.61 Å². The number of nitrogens with one attached hydrogen (secondary N) is 1. The van der Waals surface area contributed by atoms with Crippen LogP contribution in [0.15, 0.2) is 0 Å². The lowest BCUT2D eigenvalue weighted by Crippen LogP contribution is -2.41. The lowest BCUT2D eigenvalue weighted by Gasteiger charge is -2.24. The molecule has 0 aromatic carbocycles. The summed E-state index contributed by atoms with van der Waals surface area (Å²) in [6, 6.07) is 0.203. The maximum absolute atomic E-state index is 8.98. The highest BCUT2D eigenvalue weighted by Gasteiger charge is 2.09. The fourth-order valence-electron chi connectivity index (χ4n) is 1.35. The summed E-state index contributed by atoms with van der Waals surface area (Å²) in [5.74, 6) is 0.737. The third-order valence-electron chi connectivity index (χ3n) is 2.48. The third kappa shape index (κ3) is 6.02. The minimum absolute atomic E-state index is 0.203. The van der Waals surface area contributed by atoms with Crippen LogP contribution < -0.4 is 5.32 Å². The molecule has 2 atom stereocenters. The van der Waals surface area contributed by atoms with Gasteiger partial charge in [-0.3, -0.25) is 0 Å². The topological polar surface area (TPSA) is 35.5 Å². The van der Waals surface area contributed by atoms with Crippen LogP contribution in [0, 0.1) is 5.92 Å². The molecule has 0 aliphatic rings. The van der Waals surface area contributed by atoms with Gasteiger partial charge in [0.15, 0.2) is 0 Å². The molecule has 0 aliphatic heterocycles. The number of likely N-dealkylation sites (N-methyl/N-ethyl adjacent to an activating group) is 2. The molecule has 2 unspecified atom stereocenters. The van der Waals surface area contributed by atoms with E-state index < -0.39 is 0 Å². The number of nitrogens with zero attached hydrogens (tertiary/aromatic N) is 1. The first-order chi connectivity index (χ1) is 6.13. The molecule has 0 rings (SSSR count). The highest BCUT2D eigenvalue weighted by molar-refractivity contribution is 4.68. The monoisotopic (exact) mass is 188 g/mol. The van der Waals surface area contributed by atoms with E-state index >= 15 is 0 Å². The van der Waals surface area contributed by atoms with Gasteiger partial charge in [-0.2, -0.15) is 0 Å². The van der Waals surface area contributed by atoms with E-state index in [1.165, 1.54) is 6.42 Å². The third-order valence-corrected chi connectivity index (χ3v) is 2.48. The van der Waals surface area contributed by atoms with Crippen LogP contribution in [0.2, 0.25) is 0 Å². The molecule has 3 heteroatoms. The Kier molecular flexibility index (Phi) is 7.23. The minimum Gasteiger partial charge on any atom is -0.395 e. The van der Waals surface area contributed by atoms with Gasteiger partial charge < -0.3 is 15.3 Å². The Bertz CT molecular complexity index is 115. The zero-order chi connectivity index (χ0) is 10.3. The van der Waals surface area contributed by atoms with Crippen molar-refractivity contribution in [3.8, 4) is 0 Å². The van der Waals surface area contributed by atoms with Crippen LogP contribution in [0.3, 0.4) is 0 Å². The van der Waals surface area contributed by atoms with Crippen molar-refractivity contribution in [1.29, 1.82) is 0 Å². The van der Waals surface area contributed by atoms with Crippen LogP contribution in [-0.4, -0.2) is 49.8 Å². The van der Waals surface area contributed by atoms with Crippen molar-refractivity contribution in [2.75, 3.05) is 33.8 Å². The summed E-state index contributed by atoms with van der Waals surface area (Å²) in [5.41, 5.74) is 0. The number of aliphatic hydroxyl groups excluding tert-OH is 1. The smallest absolute Gasteiger partial charge is 0.0597 e. The summed E-state index contributed by atoms with van der Waals surface area (Å²) >= 11 is 0. The van der Waals surface area contributed by atoms with Crippen molar-refractivity contribution in [3.05, 3.63) is 0 Å². The van der Waals surface area contributed by atoms with Crippen LogP contribution in [-0.2, 0) is 0 Å². The van der Waals surface area contributed by atoms with Crippen LogP contribution in [0.4, 0.5) is 0 Å². The van der Waals surface area contributed by atoms with E-state index in [1.807, 2.05) is 7.05 Å². The Balaban J connectivity index is 3.65. The van der Waals surface area contributed by atoms with Crippen molar-refractivity contribution in [2.24, 2.45) is 5.92 Å². The predicted molar refractivity (Wildman–Crippen MR) is 56.9 cm³/mol. The molecule has 0 fully saturated rings. The Morgan fingerprint density at radius 3 is 2.38 bits per heavy atom. The van der Waals surface area contributed by atoms with Gasteiger partial charge in [0, 0.05) is 19.1 Å². The minimum atomic E-state index is 0.203. The summed E-state index contributed by atoms with van der Waals surface area (Å²) in [6.07, 6.45) is 1.22. The fraction of sp³-hybridized carbons (Fsp3) is 1.00. The van der Waals surface area contributed by atoms with Gasteiger partial charge >= 0.3 is 0 Å². The highest BCUT2D eigenvalue weighted by atomic mass is 16.3. The molecule has 0 aromatic rings. The van der Waals surface area contributed by atoms with Crippen molar-refractivity contribution in [3.63, 3.8) is 0 Å². The molecular weight excluding hydrogens is 164 g/mol. The van der Waals surface area contributed by atoms with Crippen LogP contribution >= 0.6 is 0 Å². The summed E-state index contributed by atoms with van der Waals surface area (Å²) in [4.78, 5) is 2.27. The Morgan fingerprint density at radius 1 is 1.38 bits per heavy atom. The number of aliphatic hydroxyl groups is 1. The SMILES string of the molecule is CCC(C)CN(C)CC(CO)NC. The molecule has 0 radical (unpaired) electrons. The van der Waals surface area contributed by atoms with E-state index in [0.29, 0.717) is 0 Å². The normalized spacial score (nSPS) is 16.2. The second-order valence-corrected chi connectivity index (χ2v) is 3.90. The second kappa shape index (κ2) is 7.30. The van der Waals surface area contributed by atoms with Gasteiger partial charge in [0.2, 0.25) is 0 Å². The van der Waals surface area contributed by atoms with Crippen LogP contribution in [0.1, 0.15) is 20.3 Å². The van der Waals surface area contributed by atoms with Crippen LogP contribution in [0.5, 0.6) is 0 Å². The largest absolute Gasteiger partial charge is 0.395 e. The first-order valence-corrected chi connectivity index (χ1v) is 5.10. The van der Waals surface area contributed by atoms with E-state index in [4.69, 9.17) is 5.11 Å². The molecule has 0 aliphatic carbocycles. The second-order valence-electron chi connectivity index (χ2n) is 3.90.